The molecule has 3 fully saturated rings. The summed E-state index contributed by atoms with van der Waals surface area (Å²) in [5.74, 6) is 1.18. The van der Waals surface area contributed by atoms with Gasteiger partial charge in [0, 0.05) is 51.2 Å². The standard InChI is InChI=1S/C17H20N4O.C16H17BrN4O.C16H18N4O/c1-11-4-3-5-13-16(11)17-18-15(22)10-14(21(17)19-13)12-6-8-20(2)9-7-12;1-20-7-5-10(6-8-20)13-9-14(22)18-16-15-11(17)3-2-4-12(15)19-21(13)16;1-10-3-2-4-12-15(10)16-18-14(21)9-13(20(16)19-12)11-5-7-17-8-6-11/h3-5,10,12H,6-9H2,1-2H3,(H,18,22);2-4,9-10H,5-8H2,1H3,(H,18,22);2-4,9,11,17H,5-8H2,1H3,(H,18,21). The summed E-state index contributed by atoms with van der Waals surface area (Å²) in [5.41, 5.74) is 10.5. The minimum atomic E-state index is -0.0565. The van der Waals surface area contributed by atoms with Crippen LogP contribution in [0.5, 0.6) is 0 Å². The molecule has 0 aliphatic carbocycles. The lowest BCUT2D eigenvalue weighted by Gasteiger charge is -2.29. The molecule has 3 aliphatic rings. The lowest BCUT2D eigenvalue weighted by atomic mass is 9.93. The lowest BCUT2D eigenvalue weighted by molar-refractivity contribution is 0.252. The van der Waals surface area contributed by atoms with E-state index in [1.807, 2.05) is 56.0 Å². The van der Waals surface area contributed by atoms with E-state index >= 15 is 0 Å². The van der Waals surface area contributed by atoms with Gasteiger partial charge in [0.1, 0.15) is 16.9 Å². The first-order valence-corrected chi connectivity index (χ1v) is 23.6. The van der Waals surface area contributed by atoms with Crippen molar-refractivity contribution in [1.82, 2.24) is 58.9 Å². The third-order valence-electron chi connectivity index (χ3n) is 13.8. The molecule has 9 aromatic rings. The van der Waals surface area contributed by atoms with Gasteiger partial charge in [-0.15, -0.1) is 0 Å². The third kappa shape index (κ3) is 8.32. The van der Waals surface area contributed by atoms with Crippen molar-refractivity contribution in [2.75, 3.05) is 53.4 Å². The summed E-state index contributed by atoms with van der Waals surface area (Å²) in [6.45, 7) is 10.4. The van der Waals surface area contributed by atoms with Crippen LogP contribution in [0.25, 0.3) is 49.7 Å². The van der Waals surface area contributed by atoms with E-state index in [4.69, 9.17) is 15.3 Å². The van der Waals surface area contributed by atoms with E-state index in [2.05, 4.69) is 86.1 Å². The van der Waals surface area contributed by atoms with Gasteiger partial charge in [-0.25, -0.2) is 13.5 Å². The number of H-pyrrole nitrogens is 3. The number of piperidine rings is 3. The van der Waals surface area contributed by atoms with Crippen molar-refractivity contribution in [3.63, 3.8) is 0 Å². The van der Waals surface area contributed by atoms with E-state index in [0.29, 0.717) is 17.8 Å². The molecular formula is C49H55BrN12O3. The number of fused-ring (bicyclic) bond motifs is 9. The largest absolute Gasteiger partial charge is 0.317 e. The predicted octanol–water partition coefficient (Wildman–Crippen LogP) is 6.99. The van der Waals surface area contributed by atoms with Gasteiger partial charge in [0.15, 0.2) is 0 Å². The fraction of sp³-hybridized carbons (Fsp3) is 0.388. The molecule has 0 saturated carbocycles. The van der Waals surface area contributed by atoms with Crippen molar-refractivity contribution in [2.24, 2.45) is 0 Å². The van der Waals surface area contributed by atoms with E-state index in [1.54, 1.807) is 18.2 Å². The Morgan fingerprint density at radius 3 is 1.28 bits per heavy atom. The van der Waals surface area contributed by atoms with E-state index in [-0.39, 0.29) is 16.7 Å². The minimum Gasteiger partial charge on any atom is -0.317 e. The number of nitrogens with one attached hydrogen (secondary N) is 4. The first kappa shape index (κ1) is 43.0. The van der Waals surface area contributed by atoms with Gasteiger partial charge in [-0.1, -0.05) is 30.3 Å². The molecule has 336 valence electrons. The van der Waals surface area contributed by atoms with Gasteiger partial charge < -0.3 is 30.1 Å². The van der Waals surface area contributed by atoms with E-state index in [1.165, 1.54) is 0 Å². The van der Waals surface area contributed by atoms with Gasteiger partial charge in [-0.3, -0.25) is 14.4 Å². The SMILES string of the molecule is CN1CCC(c2cc(=O)[nH]c3c4c(Br)cccc4nn23)CC1.Cc1cccc2nn3c(C4CCN(C)CC4)cc(=O)[nH]c3c12.Cc1cccc2nn3c(C4CCNCC4)cc(=O)[nH]c3c12. The van der Waals surface area contributed by atoms with Crippen molar-refractivity contribution >= 4 is 65.6 Å². The molecule has 15 nitrogen and oxygen atoms in total. The second-order valence-electron chi connectivity index (χ2n) is 18.2. The normalized spacial score (nSPS) is 17.3. The Kier molecular flexibility index (Phi) is 11.8. The number of likely N-dealkylation sites (tertiary alicyclic amines) is 2. The summed E-state index contributed by atoms with van der Waals surface area (Å²) in [7, 11) is 4.29. The number of benzene rings is 3. The van der Waals surface area contributed by atoms with Gasteiger partial charge in [0.2, 0.25) is 0 Å². The number of aromatic amines is 3. The molecule has 0 atom stereocenters. The molecule has 0 radical (unpaired) electrons. The Labute approximate surface area is 383 Å². The molecule has 6 aromatic heterocycles. The second kappa shape index (κ2) is 17.8. The highest BCUT2D eigenvalue weighted by Gasteiger charge is 2.25. The molecule has 0 bridgehead atoms. The van der Waals surface area contributed by atoms with Crippen molar-refractivity contribution in [2.45, 2.75) is 70.1 Å². The number of aryl methyl sites for hydroxylation is 2. The molecule has 4 N–H and O–H groups in total. The maximum Gasteiger partial charge on any atom is 0.251 e. The lowest BCUT2D eigenvalue weighted by Crippen LogP contribution is -2.30. The number of nitrogens with zero attached hydrogens (tertiary/aromatic N) is 8. The Balaban J connectivity index is 0.000000115. The summed E-state index contributed by atoms with van der Waals surface area (Å²) in [6.07, 6.45) is 6.37. The average Bonchev–Trinajstić information content (AvgIpc) is 4.00. The second-order valence-corrected chi connectivity index (χ2v) is 19.1. The van der Waals surface area contributed by atoms with Gasteiger partial charge in [-0.05, 0) is 157 Å². The van der Waals surface area contributed by atoms with Crippen molar-refractivity contribution in [3.8, 4) is 0 Å². The molecule has 9 heterocycles. The Hall–Kier alpha value is -5.94. The zero-order valence-electron chi connectivity index (χ0n) is 37.3. The molecule has 0 unspecified atom stereocenters. The average molecular weight is 940 g/mol. The zero-order chi connectivity index (χ0) is 44.9. The summed E-state index contributed by atoms with van der Waals surface area (Å²) >= 11 is 3.57. The van der Waals surface area contributed by atoms with Crippen molar-refractivity contribution in [3.05, 3.63) is 137 Å². The summed E-state index contributed by atoms with van der Waals surface area (Å²) in [5, 5.41) is 20.6. The molecule has 0 amide bonds. The fourth-order valence-corrected chi connectivity index (χ4v) is 10.8. The van der Waals surface area contributed by atoms with Crippen LogP contribution in [0, 0.1) is 13.8 Å². The Morgan fingerprint density at radius 2 is 0.862 bits per heavy atom. The van der Waals surface area contributed by atoms with Gasteiger partial charge in [0.25, 0.3) is 16.7 Å². The smallest absolute Gasteiger partial charge is 0.251 e. The van der Waals surface area contributed by atoms with E-state index in [9.17, 15) is 14.4 Å². The number of halogens is 1. The van der Waals surface area contributed by atoms with E-state index < -0.39 is 0 Å². The number of hydrogen-bond donors (Lipinski definition) is 4. The van der Waals surface area contributed by atoms with Crippen LogP contribution >= 0.6 is 15.9 Å². The number of hydrogen-bond acceptors (Lipinski definition) is 9. The Morgan fingerprint density at radius 1 is 0.508 bits per heavy atom. The fourth-order valence-electron chi connectivity index (χ4n) is 10.3. The molecule has 3 aliphatic heterocycles. The van der Waals surface area contributed by atoms with Gasteiger partial charge in [0.05, 0.1) is 39.0 Å². The highest BCUT2D eigenvalue weighted by Crippen LogP contribution is 2.33. The molecule has 3 aromatic carbocycles. The van der Waals surface area contributed by atoms with Crippen LogP contribution in [0.1, 0.15) is 84.5 Å². The van der Waals surface area contributed by atoms with Crippen LogP contribution in [0.4, 0.5) is 0 Å². The van der Waals surface area contributed by atoms with Gasteiger partial charge >= 0.3 is 0 Å². The summed E-state index contributed by atoms with van der Waals surface area (Å²) < 4.78 is 6.77. The molecule has 3 saturated heterocycles. The van der Waals surface area contributed by atoms with Crippen LogP contribution in [0.3, 0.4) is 0 Å². The predicted molar refractivity (Wildman–Crippen MR) is 261 cm³/mol. The first-order valence-electron chi connectivity index (χ1n) is 22.8. The van der Waals surface area contributed by atoms with E-state index in [0.717, 1.165) is 160 Å². The zero-order valence-corrected chi connectivity index (χ0v) is 38.9. The quantitative estimate of drug-likeness (QED) is 0.146. The molecule has 16 heteroatoms. The molecule has 12 rings (SSSR count). The minimum absolute atomic E-state index is 0.0357. The van der Waals surface area contributed by atoms with Crippen LogP contribution in [0.15, 0.2) is 91.7 Å². The number of aromatic nitrogens is 9. The van der Waals surface area contributed by atoms with Gasteiger partial charge in [-0.2, -0.15) is 15.3 Å². The topological polar surface area (TPSA) is 169 Å². The maximum atomic E-state index is 12.2. The summed E-state index contributed by atoms with van der Waals surface area (Å²) in [4.78, 5) is 49.9. The summed E-state index contributed by atoms with van der Waals surface area (Å²) in [6, 6.07) is 23.2. The monoisotopic (exact) mass is 938 g/mol. The van der Waals surface area contributed by atoms with Crippen LogP contribution < -0.4 is 22.0 Å². The highest BCUT2D eigenvalue weighted by atomic mass is 79.9. The molecular weight excluding hydrogens is 885 g/mol. The Bertz CT molecular complexity index is 3240. The van der Waals surface area contributed by atoms with Crippen LogP contribution in [-0.2, 0) is 0 Å². The third-order valence-corrected chi connectivity index (χ3v) is 14.4. The maximum absolute atomic E-state index is 12.2. The van der Waals surface area contributed by atoms with Crippen LogP contribution in [0.2, 0.25) is 0 Å². The van der Waals surface area contributed by atoms with Crippen molar-refractivity contribution < 1.29 is 0 Å². The molecule has 65 heavy (non-hydrogen) atoms. The highest BCUT2D eigenvalue weighted by molar-refractivity contribution is 9.10. The first-order chi connectivity index (χ1) is 31.5. The number of rotatable bonds is 3. The van der Waals surface area contributed by atoms with Crippen molar-refractivity contribution in [1.29, 1.82) is 0 Å². The van der Waals surface area contributed by atoms with Crippen LogP contribution in [-0.4, -0.2) is 107 Å². The molecule has 0 spiro atoms.